The van der Waals surface area contributed by atoms with Gasteiger partial charge in [0, 0.05) is 39.6 Å². The maximum atomic E-state index is 14.7. The number of Topliss-reactive ketones (excluding diaryl/α,β-unsaturated/α-hetero) is 1. The first kappa shape index (κ1) is 53.5. The number of aromatic nitrogens is 2. The smallest absolute Gasteiger partial charge is 0.410 e. The number of carbonyl (C=O) groups excluding carboxylic acids is 9. The van der Waals surface area contributed by atoms with Gasteiger partial charge >= 0.3 is 6.09 Å². The number of hydrogen-bond acceptors (Lipinski definition) is 12. The second kappa shape index (κ2) is 25.2. The van der Waals surface area contributed by atoms with Crippen molar-refractivity contribution in [3.05, 3.63) is 60.2 Å². The molecular weight excluding hydrogens is 889 g/mol. The summed E-state index contributed by atoms with van der Waals surface area (Å²) in [6.07, 6.45) is 11.9. The van der Waals surface area contributed by atoms with Crippen LogP contribution >= 0.6 is 0 Å². The molecule has 2 heterocycles. The lowest BCUT2D eigenvalue weighted by Crippen LogP contribution is -2.60. The number of rotatable bonds is 19. The van der Waals surface area contributed by atoms with Crippen molar-refractivity contribution in [2.24, 2.45) is 17.8 Å². The predicted molar refractivity (Wildman–Crippen MR) is 252 cm³/mol. The molecule has 0 bridgehead atoms. The van der Waals surface area contributed by atoms with Gasteiger partial charge in [-0.25, -0.2) is 9.78 Å². The lowest BCUT2D eigenvalue weighted by atomic mass is 9.81. The van der Waals surface area contributed by atoms with E-state index in [1.807, 2.05) is 0 Å². The van der Waals surface area contributed by atoms with Gasteiger partial charge in [-0.3, -0.25) is 43.3 Å². The molecule has 0 unspecified atom stereocenters. The monoisotopic (exact) mass is 959 g/mol. The number of ether oxygens (including phenoxy) is 1. The van der Waals surface area contributed by atoms with Crippen LogP contribution in [-0.2, 0) is 38.3 Å². The Morgan fingerprint density at radius 1 is 0.783 bits per heavy atom. The van der Waals surface area contributed by atoms with Crippen LogP contribution in [0, 0.1) is 17.8 Å². The van der Waals surface area contributed by atoms with Crippen molar-refractivity contribution in [3.8, 4) is 0 Å². The molecule has 1 saturated heterocycles. The van der Waals surface area contributed by atoms with Crippen molar-refractivity contribution in [1.82, 2.24) is 51.7 Å². The highest BCUT2D eigenvalue weighted by atomic mass is 16.6. The Labute approximate surface area is 404 Å². The van der Waals surface area contributed by atoms with Crippen molar-refractivity contribution in [3.63, 3.8) is 0 Å². The first-order valence-electron chi connectivity index (χ1n) is 24.2. The maximum absolute atomic E-state index is 14.7. The Kier molecular flexibility index (Phi) is 19.6. The molecule has 1 aliphatic heterocycles. The van der Waals surface area contributed by atoms with E-state index < -0.39 is 101 Å². The molecule has 1 aromatic heterocycles. The highest BCUT2D eigenvalue weighted by Crippen LogP contribution is 2.30. The summed E-state index contributed by atoms with van der Waals surface area (Å²) in [4.78, 5) is 134. The molecule has 376 valence electrons. The number of nitrogens with one attached hydrogen (secondary N) is 6. The third-order valence-corrected chi connectivity index (χ3v) is 12.8. The molecular formula is C49H70N10O10. The topological polar surface area (TPSA) is 267 Å². The third-order valence-electron chi connectivity index (χ3n) is 12.8. The quantitative estimate of drug-likeness (QED) is 0.111. The number of ketones is 1. The van der Waals surface area contributed by atoms with Crippen LogP contribution in [0.4, 0.5) is 4.79 Å². The van der Waals surface area contributed by atoms with Gasteiger partial charge in [0.2, 0.25) is 35.3 Å². The zero-order chi connectivity index (χ0) is 50.3. The number of carbonyl (C=O) groups is 9. The van der Waals surface area contributed by atoms with Crippen LogP contribution in [0.5, 0.6) is 0 Å². The van der Waals surface area contributed by atoms with Gasteiger partial charge in [0.1, 0.15) is 29.4 Å². The molecule has 2 aromatic rings. The first-order valence-corrected chi connectivity index (χ1v) is 24.2. The molecule has 0 radical (unpaired) electrons. The highest BCUT2D eigenvalue weighted by molar-refractivity contribution is 6.38. The van der Waals surface area contributed by atoms with Crippen LogP contribution in [0.1, 0.15) is 127 Å². The summed E-state index contributed by atoms with van der Waals surface area (Å²) in [5, 5.41) is 16.4. The summed E-state index contributed by atoms with van der Waals surface area (Å²) in [5.74, 6) is -7.29. The van der Waals surface area contributed by atoms with Crippen molar-refractivity contribution >= 4 is 53.2 Å². The zero-order valence-electron chi connectivity index (χ0n) is 40.7. The fourth-order valence-corrected chi connectivity index (χ4v) is 9.21. The fraction of sp³-hybridized carbons (Fsp3) is 0.612. The SMILES string of the molecule is CCC[C@H](NC(=O)[C@@H]1CN(C(=O)OC(C)(C)C)C[C@@H]1NC(=O)[C@@H](NC(=O)[C@@H](NC(=O)c1cnccn1)C1CCCCC1)C1CCCCC1)C(=O)C(=O)NCC(=O)N[C@H](C(=O)N(C)C)c1ccccc1. The van der Waals surface area contributed by atoms with E-state index in [2.05, 4.69) is 41.9 Å². The van der Waals surface area contributed by atoms with Gasteiger partial charge in [-0.1, -0.05) is 82.2 Å². The first-order chi connectivity index (χ1) is 32.9. The number of likely N-dealkylation sites (tertiary alicyclic amines) is 1. The van der Waals surface area contributed by atoms with Crippen molar-refractivity contribution in [2.75, 3.05) is 33.7 Å². The molecule has 20 heteroatoms. The van der Waals surface area contributed by atoms with Crippen LogP contribution in [0.15, 0.2) is 48.9 Å². The molecule has 3 fully saturated rings. The Hall–Kier alpha value is -6.47. The average Bonchev–Trinajstić information content (AvgIpc) is 3.77. The molecule has 2 aliphatic carbocycles. The van der Waals surface area contributed by atoms with Crippen LogP contribution in [0.2, 0.25) is 0 Å². The van der Waals surface area contributed by atoms with Crippen LogP contribution in [0.3, 0.4) is 0 Å². The fourth-order valence-electron chi connectivity index (χ4n) is 9.21. The van der Waals surface area contributed by atoms with Gasteiger partial charge in [0.25, 0.3) is 11.8 Å². The van der Waals surface area contributed by atoms with Crippen LogP contribution < -0.4 is 31.9 Å². The van der Waals surface area contributed by atoms with Crippen molar-refractivity contribution in [1.29, 1.82) is 0 Å². The molecule has 0 spiro atoms. The van der Waals surface area contributed by atoms with E-state index in [4.69, 9.17) is 4.74 Å². The Bertz CT molecular complexity index is 2120. The average molecular weight is 959 g/mol. The zero-order valence-corrected chi connectivity index (χ0v) is 40.7. The summed E-state index contributed by atoms with van der Waals surface area (Å²) < 4.78 is 5.64. The molecule has 3 aliphatic rings. The molecule has 6 N–H and O–H groups in total. The summed E-state index contributed by atoms with van der Waals surface area (Å²) in [6.45, 7) is 5.84. The Morgan fingerprint density at radius 3 is 1.97 bits per heavy atom. The van der Waals surface area contributed by atoms with Gasteiger partial charge in [0.05, 0.1) is 30.7 Å². The second-order valence-electron chi connectivity index (χ2n) is 19.5. The summed E-state index contributed by atoms with van der Waals surface area (Å²) in [5.41, 5.74) is -0.328. The molecule has 2 saturated carbocycles. The van der Waals surface area contributed by atoms with E-state index >= 15 is 0 Å². The summed E-state index contributed by atoms with van der Waals surface area (Å²) in [7, 11) is 3.08. The van der Waals surface area contributed by atoms with E-state index in [1.54, 1.807) is 72.1 Å². The third kappa shape index (κ3) is 15.5. The molecule has 1 aromatic carbocycles. The van der Waals surface area contributed by atoms with Crippen LogP contribution in [0.25, 0.3) is 0 Å². The standard InChI is InChI=1S/C49H70N10O10/c1-7-17-34(41(61)46(66)52-27-37(60)55-40(47(67)58(5)6)32-22-15-10-16-23-32)53-42(62)33-28-59(48(68)69-49(2,3)4)29-36(33)54-44(64)38(30-18-11-8-12-19-30)57-45(65)39(31-20-13-9-14-21-31)56-43(63)35-26-50-24-25-51-35/h10,15-16,22-26,30-31,33-34,36,38-40H,7-9,11-14,17-21,27-29H2,1-6H3,(H,52,66)(H,53,62)(H,54,64)(H,55,60)(H,56,63)(H,57,65)/t33-,34+,36+,38+,39+,40+/m1/s1. The lowest BCUT2D eigenvalue weighted by Gasteiger charge is -2.35. The van der Waals surface area contributed by atoms with E-state index in [1.165, 1.54) is 28.4 Å². The number of hydrogen-bond donors (Lipinski definition) is 6. The minimum Gasteiger partial charge on any atom is -0.444 e. The van der Waals surface area contributed by atoms with Gasteiger partial charge < -0.3 is 46.4 Å². The number of nitrogens with zero attached hydrogens (tertiary/aromatic N) is 4. The Morgan fingerprint density at radius 2 is 1.41 bits per heavy atom. The number of amides is 8. The summed E-state index contributed by atoms with van der Waals surface area (Å²) >= 11 is 0. The molecule has 20 nitrogen and oxygen atoms in total. The largest absolute Gasteiger partial charge is 0.444 e. The predicted octanol–water partition coefficient (Wildman–Crippen LogP) is 2.49. The van der Waals surface area contributed by atoms with Gasteiger partial charge in [-0.2, -0.15) is 0 Å². The lowest BCUT2D eigenvalue weighted by molar-refractivity contribution is -0.141. The second-order valence-corrected chi connectivity index (χ2v) is 19.5. The van der Waals surface area contributed by atoms with Gasteiger partial charge in [0.15, 0.2) is 0 Å². The van der Waals surface area contributed by atoms with Crippen molar-refractivity contribution in [2.45, 2.75) is 141 Å². The Balaban J connectivity index is 1.32. The van der Waals surface area contributed by atoms with Gasteiger partial charge in [-0.05, 0) is 70.3 Å². The molecule has 8 amide bonds. The molecule has 6 atom stereocenters. The minimum atomic E-state index is -1.34. The van der Waals surface area contributed by atoms with Crippen LogP contribution in [-0.4, -0.2) is 136 Å². The normalized spacial score (nSPS) is 19.4. The van der Waals surface area contributed by atoms with E-state index in [0.29, 0.717) is 37.7 Å². The number of likely N-dealkylation sites (N-methyl/N-ethyl adjacent to an activating group) is 1. The summed E-state index contributed by atoms with van der Waals surface area (Å²) in [6, 6.07) is 3.10. The molecule has 5 rings (SSSR count). The van der Waals surface area contributed by atoms with E-state index in [0.717, 1.165) is 38.5 Å². The number of benzene rings is 1. The highest BCUT2D eigenvalue weighted by Gasteiger charge is 2.45. The van der Waals surface area contributed by atoms with E-state index in [9.17, 15) is 43.2 Å². The van der Waals surface area contributed by atoms with E-state index in [-0.39, 0.29) is 37.0 Å². The van der Waals surface area contributed by atoms with Crippen molar-refractivity contribution < 1.29 is 47.9 Å². The van der Waals surface area contributed by atoms with Gasteiger partial charge in [-0.15, -0.1) is 0 Å². The maximum Gasteiger partial charge on any atom is 0.410 e. The molecule has 69 heavy (non-hydrogen) atoms. The minimum absolute atomic E-state index is 0.0441.